The van der Waals surface area contributed by atoms with Crippen LogP contribution in [0.2, 0.25) is 0 Å². The zero-order chi connectivity index (χ0) is 10.4. The summed E-state index contributed by atoms with van der Waals surface area (Å²) in [7, 11) is 1.64. The van der Waals surface area contributed by atoms with Gasteiger partial charge in [-0.05, 0) is 30.7 Å². The smallest absolute Gasteiger partial charge is 0.118 e. The minimum atomic E-state index is 0.142. The highest BCUT2D eigenvalue weighted by Gasteiger charge is 2.08. The van der Waals surface area contributed by atoms with Gasteiger partial charge in [0.05, 0.1) is 7.11 Å². The molecule has 1 aromatic carbocycles. The van der Waals surface area contributed by atoms with Crippen LogP contribution in [0.15, 0.2) is 24.3 Å². The van der Waals surface area contributed by atoms with Gasteiger partial charge in [0.2, 0.25) is 0 Å². The van der Waals surface area contributed by atoms with Crippen molar-refractivity contribution in [3.63, 3.8) is 0 Å². The van der Waals surface area contributed by atoms with Gasteiger partial charge in [0.25, 0.3) is 0 Å². The third-order valence-corrected chi connectivity index (χ3v) is 2.32. The largest absolute Gasteiger partial charge is 0.497 e. The molecule has 0 aliphatic carbocycles. The summed E-state index contributed by atoms with van der Waals surface area (Å²) in [5.74, 6) is 0.976. The van der Waals surface area contributed by atoms with E-state index in [2.05, 4.69) is 0 Å². The molecule has 1 atom stereocenters. The number of nitrogens with two attached hydrogens (primary N) is 1. The van der Waals surface area contributed by atoms with Crippen molar-refractivity contribution in [2.45, 2.75) is 12.3 Å². The average molecular weight is 195 g/mol. The molecule has 0 spiro atoms. The van der Waals surface area contributed by atoms with Crippen molar-refractivity contribution in [2.24, 2.45) is 5.73 Å². The highest BCUT2D eigenvalue weighted by atomic mass is 16.5. The minimum absolute atomic E-state index is 0.142. The molecule has 0 amide bonds. The summed E-state index contributed by atoms with van der Waals surface area (Å²) in [6.45, 7) is 0.737. The van der Waals surface area contributed by atoms with E-state index in [1.165, 1.54) is 0 Å². The van der Waals surface area contributed by atoms with Gasteiger partial charge in [-0.1, -0.05) is 12.1 Å². The molecular weight excluding hydrogens is 178 g/mol. The van der Waals surface area contributed by atoms with E-state index in [0.29, 0.717) is 6.54 Å². The Morgan fingerprint density at radius 3 is 2.43 bits per heavy atom. The molecule has 0 aliphatic rings. The van der Waals surface area contributed by atoms with Crippen LogP contribution in [0.3, 0.4) is 0 Å². The molecule has 0 heterocycles. The van der Waals surface area contributed by atoms with Crippen LogP contribution >= 0.6 is 0 Å². The van der Waals surface area contributed by atoms with E-state index in [0.717, 1.165) is 17.7 Å². The molecule has 0 fully saturated rings. The molecule has 0 aromatic heterocycles. The summed E-state index contributed by atoms with van der Waals surface area (Å²) >= 11 is 0. The third kappa shape index (κ3) is 2.72. The van der Waals surface area contributed by atoms with Crippen molar-refractivity contribution >= 4 is 0 Å². The van der Waals surface area contributed by atoms with E-state index >= 15 is 0 Å². The summed E-state index contributed by atoms with van der Waals surface area (Å²) in [5, 5.41) is 9.15. The van der Waals surface area contributed by atoms with E-state index in [1.807, 2.05) is 24.3 Å². The topological polar surface area (TPSA) is 55.5 Å². The molecule has 0 aliphatic heterocycles. The van der Waals surface area contributed by atoms with Crippen molar-refractivity contribution in [2.75, 3.05) is 20.3 Å². The molecule has 0 bridgehead atoms. The number of ether oxygens (including phenoxy) is 1. The lowest BCUT2D eigenvalue weighted by Gasteiger charge is -2.13. The summed E-state index contributed by atoms with van der Waals surface area (Å²) in [4.78, 5) is 0. The number of benzene rings is 1. The van der Waals surface area contributed by atoms with Crippen LogP contribution in [0.25, 0.3) is 0 Å². The maximum absolute atomic E-state index is 9.15. The van der Waals surface area contributed by atoms with Gasteiger partial charge < -0.3 is 15.6 Å². The molecule has 0 radical (unpaired) electrons. The van der Waals surface area contributed by atoms with Crippen molar-refractivity contribution in [3.8, 4) is 5.75 Å². The van der Waals surface area contributed by atoms with E-state index in [4.69, 9.17) is 15.6 Å². The lowest BCUT2D eigenvalue weighted by Crippen LogP contribution is -2.10. The van der Waals surface area contributed by atoms with Crippen LogP contribution in [0.5, 0.6) is 5.75 Å². The van der Waals surface area contributed by atoms with Crippen LogP contribution in [-0.2, 0) is 0 Å². The first-order chi connectivity index (χ1) is 6.81. The molecule has 78 valence electrons. The Morgan fingerprint density at radius 1 is 1.36 bits per heavy atom. The van der Waals surface area contributed by atoms with Crippen LogP contribution in [0.4, 0.5) is 0 Å². The molecule has 1 rings (SSSR count). The molecule has 14 heavy (non-hydrogen) atoms. The number of methoxy groups -OCH3 is 1. The Balaban J connectivity index is 2.73. The molecule has 3 nitrogen and oxygen atoms in total. The second-order valence-electron chi connectivity index (χ2n) is 3.23. The molecule has 0 saturated carbocycles. The van der Waals surface area contributed by atoms with Gasteiger partial charge in [-0.15, -0.1) is 0 Å². The van der Waals surface area contributed by atoms with Crippen molar-refractivity contribution in [3.05, 3.63) is 29.8 Å². The molecule has 1 unspecified atom stereocenters. The van der Waals surface area contributed by atoms with Gasteiger partial charge in [0, 0.05) is 12.5 Å². The highest BCUT2D eigenvalue weighted by Crippen LogP contribution is 2.21. The Labute approximate surface area is 84.5 Å². The van der Waals surface area contributed by atoms with E-state index < -0.39 is 0 Å². The maximum atomic E-state index is 9.15. The number of aliphatic hydroxyl groups excluding tert-OH is 1. The van der Waals surface area contributed by atoms with Crippen LogP contribution in [0, 0.1) is 0 Å². The van der Waals surface area contributed by atoms with Gasteiger partial charge in [0.15, 0.2) is 0 Å². The van der Waals surface area contributed by atoms with Crippen molar-refractivity contribution in [1.29, 1.82) is 0 Å². The predicted molar refractivity (Wildman–Crippen MR) is 56.5 cm³/mol. The molecule has 1 aromatic rings. The molecular formula is C11H17NO2. The lowest BCUT2D eigenvalue weighted by atomic mass is 9.97. The molecule has 0 saturated heterocycles. The SMILES string of the molecule is COc1ccc(C(CO)CCN)cc1. The van der Waals surface area contributed by atoms with Crippen LogP contribution in [-0.4, -0.2) is 25.4 Å². The van der Waals surface area contributed by atoms with E-state index in [-0.39, 0.29) is 12.5 Å². The fraction of sp³-hybridized carbons (Fsp3) is 0.455. The Kier molecular flexibility index (Phi) is 4.43. The Hall–Kier alpha value is -1.06. The van der Waals surface area contributed by atoms with Crippen LogP contribution < -0.4 is 10.5 Å². The average Bonchev–Trinajstić information content (AvgIpc) is 2.26. The van der Waals surface area contributed by atoms with E-state index in [9.17, 15) is 0 Å². The normalized spacial score (nSPS) is 12.5. The summed E-state index contributed by atoms with van der Waals surface area (Å²) in [6, 6.07) is 7.73. The highest BCUT2D eigenvalue weighted by molar-refractivity contribution is 5.29. The zero-order valence-electron chi connectivity index (χ0n) is 8.44. The third-order valence-electron chi connectivity index (χ3n) is 2.32. The van der Waals surface area contributed by atoms with Crippen molar-refractivity contribution in [1.82, 2.24) is 0 Å². The lowest BCUT2D eigenvalue weighted by molar-refractivity contribution is 0.260. The van der Waals surface area contributed by atoms with Crippen molar-refractivity contribution < 1.29 is 9.84 Å². The maximum Gasteiger partial charge on any atom is 0.118 e. The zero-order valence-corrected chi connectivity index (χ0v) is 8.44. The first-order valence-electron chi connectivity index (χ1n) is 4.76. The van der Waals surface area contributed by atoms with Crippen LogP contribution in [0.1, 0.15) is 17.9 Å². The number of hydrogen-bond acceptors (Lipinski definition) is 3. The number of rotatable bonds is 5. The van der Waals surface area contributed by atoms with Gasteiger partial charge >= 0.3 is 0 Å². The number of aliphatic hydroxyl groups is 1. The predicted octanol–water partition coefficient (Wildman–Crippen LogP) is 1.12. The van der Waals surface area contributed by atoms with Gasteiger partial charge in [-0.25, -0.2) is 0 Å². The molecule has 3 N–H and O–H groups in total. The second kappa shape index (κ2) is 5.62. The van der Waals surface area contributed by atoms with Gasteiger partial charge in [0.1, 0.15) is 5.75 Å². The first kappa shape index (κ1) is 11.0. The minimum Gasteiger partial charge on any atom is -0.497 e. The van der Waals surface area contributed by atoms with Gasteiger partial charge in [-0.3, -0.25) is 0 Å². The Morgan fingerprint density at radius 2 is 2.00 bits per heavy atom. The monoisotopic (exact) mass is 195 g/mol. The standard InChI is InChI=1S/C11H17NO2/c1-14-11-4-2-9(3-5-11)10(8-13)6-7-12/h2-5,10,13H,6-8,12H2,1H3. The molecule has 3 heteroatoms. The number of hydrogen-bond donors (Lipinski definition) is 2. The Bertz CT molecular complexity index is 258. The summed E-state index contributed by atoms with van der Waals surface area (Å²) in [6.07, 6.45) is 0.808. The van der Waals surface area contributed by atoms with E-state index in [1.54, 1.807) is 7.11 Å². The summed E-state index contributed by atoms with van der Waals surface area (Å²) < 4.78 is 5.06. The second-order valence-corrected chi connectivity index (χ2v) is 3.23. The quantitative estimate of drug-likeness (QED) is 0.740. The van der Waals surface area contributed by atoms with Gasteiger partial charge in [-0.2, -0.15) is 0 Å². The fourth-order valence-electron chi connectivity index (χ4n) is 1.44. The first-order valence-corrected chi connectivity index (χ1v) is 4.76. The summed E-state index contributed by atoms with van der Waals surface area (Å²) in [5.41, 5.74) is 6.57. The fourth-order valence-corrected chi connectivity index (χ4v) is 1.44.